The summed E-state index contributed by atoms with van der Waals surface area (Å²) < 4.78 is 0. The van der Waals surface area contributed by atoms with Crippen LogP contribution in [0.25, 0.3) is 0 Å². The van der Waals surface area contributed by atoms with Gasteiger partial charge in [-0.3, -0.25) is 0 Å². The van der Waals surface area contributed by atoms with Gasteiger partial charge in [-0.25, -0.2) is 0 Å². The average molecular weight is 166 g/mol. The molecule has 0 heterocycles. The fraction of sp³-hybridized carbons (Fsp3) is 0.727. The van der Waals surface area contributed by atoms with Gasteiger partial charge in [-0.1, -0.05) is 32.9 Å². The van der Waals surface area contributed by atoms with Crippen molar-refractivity contribution >= 4 is 6.29 Å². The molecule has 0 aromatic heterocycles. The average Bonchev–Trinajstić information content (AvgIpc) is 2.03. The Morgan fingerprint density at radius 1 is 1.42 bits per heavy atom. The standard InChI is InChI=1S/C11H18O/c1-11(2,3)10-7-5-4-6-9(10)8-12/h4,6,8-10H,5,7H2,1-3H3. The summed E-state index contributed by atoms with van der Waals surface area (Å²) in [5.74, 6) is 0.679. The van der Waals surface area contributed by atoms with Gasteiger partial charge in [0, 0.05) is 5.92 Å². The van der Waals surface area contributed by atoms with Crippen LogP contribution in [0.4, 0.5) is 0 Å². The first-order valence-corrected chi connectivity index (χ1v) is 4.67. The lowest BCUT2D eigenvalue weighted by Gasteiger charge is -2.35. The Hall–Kier alpha value is -0.590. The van der Waals surface area contributed by atoms with Crippen LogP contribution in [0.1, 0.15) is 33.6 Å². The van der Waals surface area contributed by atoms with E-state index in [0.717, 1.165) is 19.1 Å². The predicted octanol–water partition coefficient (Wildman–Crippen LogP) is 2.81. The highest BCUT2D eigenvalue weighted by Crippen LogP contribution is 2.37. The van der Waals surface area contributed by atoms with Gasteiger partial charge in [0.25, 0.3) is 0 Å². The lowest BCUT2D eigenvalue weighted by molar-refractivity contribution is -0.112. The zero-order chi connectivity index (χ0) is 9.19. The highest BCUT2D eigenvalue weighted by Gasteiger charge is 2.31. The third kappa shape index (κ3) is 1.96. The molecule has 1 rings (SSSR count). The molecule has 1 aliphatic rings. The van der Waals surface area contributed by atoms with Gasteiger partial charge in [0.2, 0.25) is 0 Å². The minimum Gasteiger partial charge on any atom is -0.303 e. The first kappa shape index (κ1) is 9.50. The molecule has 1 nitrogen and oxygen atoms in total. The van der Waals surface area contributed by atoms with Crippen molar-refractivity contribution < 1.29 is 4.79 Å². The summed E-state index contributed by atoms with van der Waals surface area (Å²) >= 11 is 0. The Morgan fingerprint density at radius 2 is 2.08 bits per heavy atom. The Balaban J connectivity index is 2.75. The van der Waals surface area contributed by atoms with Crippen molar-refractivity contribution in [2.24, 2.45) is 17.3 Å². The topological polar surface area (TPSA) is 17.1 Å². The van der Waals surface area contributed by atoms with Gasteiger partial charge < -0.3 is 4.79 Å². The second kappa shape index (κ2) is 3.42. The summed E-state index contributed by atoms with van der Waals surface area (Å²) in [5.41, 5.74) is 0.260. The molecular formula is C11H18O. The fourth-order valence-corrected chi connectivity index (χ4v) is 2.01. The van der Waals surface area contributed by atoms with Gasteiger partial charge in [0.15, 0.2) is 0 Å². The number of allylic oxidation sites excluding steroid dienone is 2. The number of rotatable bonds is 1. The van der Waals surface area contributed by atoms with Crippen LogP contribution in [0.3, 0.4) is 0 Å². The van der Waals surface area contributed by atoms with Crippen molar-refractivity contribution in [2.45, 2.75) is 33.6 Å². The molecule has 1 heteroatoms. The Labute approximate surface area is 74.9 Å². The van der Waals surface area contributed by atoms with Crippen molar-refractivity contribution in [3.05, 3.63) is 12.2 Å². The van der Waals surface area contributed by atoms with Crippen molar-refractivity contribution in [1.29, 1.82) is 0 Å². The van der Waals surface area contributed by atoms with Gasteiger partial charge in [-0.05, 0) is 24.2 Å². The second-order valence-electron chi connectivity index (χ2n) is 4.69. The molecule has 2 unspecified atom stereocenters. The fourth-order valence-electron chi connectivity index (χ4n) is 2.01. The van der Waals surface area contributed by atoms with Crippen LogP contribution in [0.15, 0.2) is 12.2 Å². The molecule has 0 spiro atoms. The number of carbonyl (C=O) groups is 1. The molecule has 0 amide bonds. The van der Waals surface area contributed by atoms with Crippen LogP contribution >= 0.6 is 0 Å². The molecule has 1 aliphatic carbocycles. The van der Waals surface area contributed by atoms with E-state index < -0.39 is 0 Å². The van der Waals surface area contributed by atoms with Crippen LogP contribution in [-0.2, 0) is 4.79 Å². The summed E-state index contributed by atoms with van der Waals surface area (Å²) in [4.78, 5) is 10.8. The number of hydrogen-bond acceptors (Lipinski definition) is 1. The van der Waals surface area contributed by atoms with Crippen molar-refractivity contribution in [3.63, 3.8) is 0 Å². The summed E-state index contributed by atoms with van der Waals surface area (Å²) in [5, 5.41) is 0. The lowest BCUT2D eigenvalue weighted by atomic mass is 9.69. The van der Waals surface area contributed by atoms with Gasteiger partial charge in [0.1, 0.15) is 6.29 Å². The highest BCUT2D eigenvalue weighted by atomic mass is 16.1. The van der Waals surface area contributed by atoms with E-state index >= 15 is 0 Å². The van der Waals surface area contributed by atoms with E-state index in [9.17, 15) is 4.79 Å². The minimum absolute atomic E-state index is 0.152. The highest BCUT2D eigenvalue weighted by molar-refractivity contribution is 5.57. The minimum atomic E-state index is 0.152. The summed E-state index contributed by atoms with van der Waals surface area (Å²) in [6.45, 7) is 6.65. The molecule has 0 bridgehead atoms. The molecule has 2 atom stereocenters. The van der Waals surface area contributed by atoms with Crippen LogP contribution in [-0.4, -0.2) is 6.29 Å². The van der Waals surface area contributed by atoms with Crippen molar-refractivity contribution in [1.82, 2.24) is 0 Å². The number of aldehydes is 1. The van der Waals surface area contributed by atoms with Crippen LogP contribution in [0.2, 0.25) is 0 Å². The molecule has 0 aliphatic heterocycles. The lowest BCUT2D eigenvalue weighted by Crippen LogP contribution is -2.29. The van der Waals surface area contributed by atoms with Gasteiger partial charge in [0.05, 0.1) is 0 Å². The van der Waals surface area contributed by atoms with Crippen molar-refractivity contribution in [3.8, 4) is 0 Å². The number of hydrogen-bond donors (Lipinski definition) is 0. The van der Waals surface area contributed by atoms with Gasteiger partial charge in [-0.15, -0.1) is 0 Å². The van der Waals surface area contributed by atoms with E-state index in [-0.39, 0.29) is 11.3 Å². The van der Waals surface area contributed by atoms with E-state index in [1.54, 1.807) is 0 Å². The zero-order valence-corrected chi connectivity index (χ0v) is 8.21. The van der Waals surface area contributed by atoms with Crippen LogP contribution in [0, 0.1) is 17.3 Å². The third-order valence-corrected chi connectivity index (χ3v) is 2.74. The first-order valence-electron chi connectivity index (χ1n) is 4.67. The largest absolute Gasteiger partial charge is 0.303 e. The van der Waals surface area contributed by atoms with E-state index in [1.807, 2.05) is 0 Å². The maximum atomic E-state index is 10.8. The molecule has 12 heavy (non-hydrogen) atoms. The molecule has 0 aromatic carbocycles. The monoisotopic (exact) mass is 166 g/mol. The van der Waals surface area contributed by atoms with Gasteiger partial charge in [-0.2, -0.15) is 0 Å². The third-order valence-electron chi connectivity index (χ3n) is 2.74. The predicted molar refractivity (Wildman–Crippen MR) is 50.9 cm³/mol. The molecular weight excluding hydrogens is 148 g/mol. The Kier molecular flexibility index (Phi) is 2.71. The molecule has 0 fully saturated rings. The second-order valence-corrected chi connectivity index (χ2v) is 4.69. The maximum absolute atomic E-state index is 10.8. The van der Waals surface area contributed by atoms with Crippen LogP contribution in [0.5, 0.6) is 0 Å². The van der Waals surface area contributed by atoms with Crippen LogP contribution < -0.4 is 0 Å². The van der Waals surface area contributed by atoms with E-state index in [1.165, 1.54) is 0 Å². The normalized spacial score (nSPS) is 30.2. The maximum Gasteiger partial charge on any atom is 0.127 e. The Morgan fingerprint density at radius 3 is 2.50 bits per heavy atom. The van der Waals surface area contributed by atoms with E-state index in [4.69, 9.17) is 0 Å². The molecule has 0 N–H and O–H groups in total. The van der Waals surface area contributed by atoms with Gasteiger partial charge >= 0.3 is 0 Å². The first-order chi connectivity index (χ1) is 5.55. The SMILES string of the molecule is CC(C)(C)C1CCC=CC1C=O. The molecule has 0 saturated heterocycles. The molecule has 0 aromatic rings. The van der Waals surface area contributed by atoms with E-state index in [2.05, 4.69) is 32.9 Å². The van der Waals surface area contributed by atoms with Crippen molar-refractivity contribution in [2.75, 3.05) is 0 Å². The molecule has 68 valence electrons. The summed E-state index contributed by atoms with van der Waals surface area (Å²) in [7, 11) is 0. The smallest absolute Gasteiger partial charge is 0.127 e. The summed E-state index contributed by atoms with van der Waals surface area (Å²) in [6.07, 6.45) is 7.56. The van der Waals surface area contributed by atoms with E-state index in [0.29, 0.717) is 5.92 Å². The molecule has 0 saturated carbocycles. The number of carbonyl (C=O) groups excluding carboxylic acids is 1. The quantitative estimate of drug-likeness (QED) is 0.432. The zero-order valence-electron chi connectivity index (χ0n) is 8.21. The Bertz CT molecular complexity index is 186. The molecule has 0 radical (unpaired) electrons. The summed E-state index contributed by atoms with van der Waals surface area (Å²) in [6, 6.07) is 0.